The van der Waals surface area contributed by atoms with Gasteiger partial charge >= 0.3 is 0 Å². The summed E-state index contributed by atoms with van der Waals surface area (Å²) in [7, 11) is 0. The molecule has 2 heterocycles. The third-order valence-corrected chi connectivity index (χ3v) is 3.64. The maximum absolute atomic E-state index is 8.85. The van der Waals surface area contributed by atoms with Gasteiger partial charge in [0, 0.05) is 5.92 Å². The maximum Gasteiger partial charge on any atom is 0.186 e. The van der Waals surface area contributed by atoms with Gasteiger partial charge in [0.2, 0.25) is 0 Å². The van der Waals surface area contributed by atoms with Crippen molar-refractivity contribution in [2.24, 2.45) is 0 Å². The number of nitrogens with one attached hydrogen (secondary N) is 1. The van der Waals surface area contributed by atoms with E-state index in [9.17, 15) is 0 Å². The van der Waals surface area contributed by atoms with Crippen LogP contribution in [0.5, 0.6) is 0 Å². The van der Waals surface area contributed by atoms with Gasteiger partial charge in [-0.15, -0.1) is 0 Å². The fourth-order valence-corrected chi connectivity index (χ4v) is 2.46. The van der Waals surface area contributed by atoms with Gasteiger partial charge < -0.3 is 5.73 Å². The first-order chi connectivity index (χ1) is 9.78. The molecule has 0 amide bonds. The fourth-order valence-electron chi connectivity index (χ4n) is 2.46. The molecule has 0 spiro atoms. The summed E-state index contributed by atoms with van der Waals surface area (Å²) in [5, 5.41) is 21.5. The van der Waals surface area contributed by atoms with Gasteiger partial charge in [-0.3, -0.25) is 5.10 Å². The molecule has 0 aliphatic heterocycles. The Morgan fingerprint density at radius 3 is 2.70 bits per heavy atom. The second kappa shape index (κ2) is 3.84. The predicted octanol–water partition coefficient (Wildman–Crippen LogP) is 2.08. The Morgan fingerprint density at radius 1 is 1.30 bits per heavy atom. The van der Waals surface area contributed by atoms with Crippen LogP contribution in [-0.2, 0) is 0 Å². The average molecular weight is 264 g/mol. The lowest BCUT2D eigenvalue weighted by atomic mass is 10.2. The number of nitrogens with two attached hydrogens (primary N) is 1. The van der Waals surface area contributed by atoms with Crippen molar-refractivity contribution < 1.29 is 0 Å². The maximum atomic E-state index is 8.85. The summed E-state index contributed by atoms with van der Waals surface area (Å²) in [4.78, 5) is 0. The monoisotopic (exact) mass is 264 g/mol. The highest BCUT2D eigenvalue weighted by Crippen LogP contribution is 2.43. The summed E-state index contributed by atoms with van der Waals surface area (Å²) in [5.74, 6) is 1.07. The molecular weight excluding hydrogens is 252 g/mol. The minimum atomic E-state index is 0.497. The minimum Gasteiger partial charge on any atom is -0.383 e. The number of nitrogens with zero attached hydrogens (tertiary/aromatic N) is 4. The van der Waals surface area contributed by atoms with E-state index in [1.807, 2.05) is 12.1 Å². The third kappa shape index (κ3) is 1.50. The van der Waals surface area contributed by atoms with E-state index in [0.29, 0.717) is 17.3 Å². The first-order valence-corrected chi connectivity index (χ1v) is 6.51. The average Bonchev–Trinajstić information content (AvgIpc) is 3.15. The number of anilines is 1. The van der Waals surface area contributed by atoms with E-state index in [2.05, 4.69) is 21.4 Å². The Balaban J connectivity index is 1.92. The second-order valence-electron chi connectivity index (χ2n) is 5.07. The van der Waals surface area contributed by atoms with Crippen LogP contribution in [0.4, 0.5) is 5.82 Å². The molecule has 0 bridgehead atoms. The number of hydrogen-bond donors (Lipinski definition) is 2. The van der Waals surface area contributed by atoms with Crippen LogP contribution in [0.1, 0.15) is 30.0 Å². The number of rotatable bonds is 2. The van der Waals surface area contributed by atoms with E-state index in [1.54, 1.807) is 16.8 Å². The topological polar surface area (TPSA) is 96.3 Å². The normalized spacial score (nSPS) is 14.6. The number of H-pyrrole nitrogens is 1. The number of aromatic amines is 1. The molecule has 0 atom stereocenters. The molecule has 6 heteroatoms. The van der Waals surface area contributed by atoms with Gasteiger partial charge in [0.1, 0.15) is 5.82 Å². The van der Waals surface area contributed by atoms with Gasteiger partial charge in [0.05, 0.1) is 28.4 Å². The number of aromatic nitrogens is 4. The molecule has 3 N–H and O–H groups in total. The van der Waals surface area contributed by atoms with Gasteiger partial charge in [-0.05, 0) is 37.1 Å². The van der Waals surface area contributed by atoms with Crippen LogP contribution >= 0.6 is 0 Å². The fraction of sp³-hybridized carbons (Fsp3) is 0.214. The van der Waals surface area contributed by atoms with E-state index in [1.165, 1.54) is 0 Å². The first-order valence-electron chi connectivity index (χ1n) is 6.51. The summed E-state index contributed by atoms with van der Waals surface area (Å²) in [6.07, 6.45) is 2.31. The molecule has 4 rings (SSSR count). The van der Waals surface area contributed by atoms with Crippen LogP contribution in [-0.4, -0.2) is 20.0 Å². The van der Waals surface area contributed by atoms with E-state index >= 15 is 0 Å². The van der Waals surface area contributed by atoms with Crippen molar-refractivity contribution in [1.29, 1.82) is 5.26 Å². The molecule has 3 aromatic rings. The van der Waals surface area contributed by atoms with Crippen molar-refractivity contribution in [2.45, 2.75) is 18.8 Å². The Kier molecular flexibility index (Phi) is 2.12. The first kappa shape index (κ1) is 11.1. The lowest BCUT2D eigenvalue weighted by Crippen LogP contribution is -1.98. The zero-order valence-corrected chi connectivity index (χ0v) is 10.7. The summed E-state index contributed by atoms with van der Waals surface area (Å²) < 4.78 is 1.79. The molecule has 0 saturated heterocycles. The molecule has 0 unspecified atom stereocenters. The van der Waals surface area contributed by atoms with Crippen molar-refractivity contribution in [3.63, 3.8) is 0 Å². The van der Waals surface area contributed by atoms with Gasteiger partial charge in [-0.1, -0.05) is 0 Å². The van der Waals surface area contributed by atoms with E-state index in [-0.39, 0.29) is 0 Å². The number of nitriles is 1. The van der Waals surface area contributed by atoms with Crippen molar-refractivity contribution >= 4 is 16.9 Å². The van der Waals surface area contributed by atoms with Crippen LogP contribution in [0.15, 0.2) is 24.3 Å². The number of nitrogen functional groups attached to an aromatic ring is 1. The van der Waals surface area contributed by atoms with Crippen LogP contribution in [0.25, 0.3) is 16.7 Å². The van der Waals surface area contributed by atoms with E-state index in [0.717, 1.165) is 35.3 Å². The van der Waals surface area contributed by atoms with Gasteiger partial charge in [-0.25, -0.2) is 4.68 Å². The smallest absolute Gasteiger partial charge is 0.186 e. The van der Waals surface area contributed by atoms with Crippen LogP contribution in [0, 0.1) is 11.3 Å². The van der Waals surface area contributed by atoms with Crippen LogP contribution in [0.2, 0.25) is 0 Å². The van der Waals surface area contributed by atoms with Gasteiger partial charge in [0.25, 0.3) is 0 Å². The molecule has 20 heavy (non-hydrogen) atoms. The largest absolute Gasteiger partial charge is 0.383 e. The van der Waals surface area contributed by atoms with Crippen molar-refractivity contribution in [3.8, 4) is 11.8 Å². The molecule has 1 aromatic carbocycles. The number of fused-ring (bicyclic) bond motifs is 1. The molecule has 0 radical (unpaired) electrons. The Morgan fingerprint density at radius 2 is 2.05 bits per heavy atom. The van der Waals surface area contributed by atoms with Crippen LogP contribution in [0.3, 0.4) is 0 Å². The molecule has 1 fully saturated rings. The summed E-state index contributed by atoms with van der Waals surface area (Å²) in [5.41, 5.74) is 9.24. The van der Waals surface area contributed by atoms with Gasteiger partial charge in [-0.2, -0.15) is 15.5 Å². The quantitative estimate of drug-likeness (QED) is 0.740. The lowest BCUT2D eigenvalue weighted by molar-refractivity contribution is 0.840. The highest BCUT2D eigenvalue weighted by atomic mass is 15.4. The predicted molar refractivity (Wildman–Crippen MR) is 74.3 cm³/mol. The molecule has 98 valence electrons. The number of hydrogen-bond acceptors (Lipinski definition) is 4. The molecular formula is C14H12N6. The molecule has 2 aromatic heterocycles. The summed E-state index contributed by atoms with van der Waals surface area (Å²) in [6.45, 7) is 0. The Bertz CT molecular complexity index is 829. The van der Waals surface area contributed by atoms with Crippen molar-refractivity contribution in [2.75, 3.05) is 5.73 Å². The van der Waals surface area contributed by atoms with Crippen molar-refractivity contribution in [3.05, 3.63) is 35.5 Å². The standard InChI is InChI=1S/C14H12N6/c15-7-8-1-5-10(6-2-8)20-14-11(13(16)17-18-14)12(19-20)9-3-4-9/h1-2,5-6,9H,3-4H2,(H3,16,17,18). The summed E-state index contributed by atoms with van der Waals surface area (Å²) in [6, 6.07) is 9.39. The highest BCUT2D eigenvalue weighted by Gasteiger charge is 2.31. The lowest BCUT2D eigenvalue weighted by Gasteiger charge is -2.01. The Labute approximate surface area is 114 Å². The number of benzene rings is 1. The SMILES string of the molecule is N#Cc1ccc(-n2nc(C3CC3)c3c(N)[nH]nc32)cc1. The molecule has 1 aliphatic rings. The molecule has 1 aliphatic carbocycles. The molecule has 1 saturated carbocycles. The van der Waals surface area contributed by atoms with E-state index < -0.39 is 0 Å². The van der Waals surface area contributed by atoms with Gasteiger partial charge in [0.15, 0.2) is 5.65 Å². The highest BCUT2D eigenvalue weighted by molar-refractivity contribution is 5.90. The van der Waals surface area contributed by atoms with Crippen molar-refractivity contribution in [1.82, 2.24) is 20.0 Å². The Hall–Kier alpha value is -2.81. The molecule has 6 nitrogen and oxygen atoms in total. The summed E-state index contributed by atoms with van der Waals surface area (Å²) >= 11 is 0. The second-order valence-corrected chi connectivity index (χ2v) is 5.07. The zero-order chi connectivity index (χ0) is 13.7. The van der Waals surface area contributed by atoms with E-state index in [4.69, 9.17) is 11.0 Å². The minimum absolute atomic E-state index is 0.497. The third-order valence-electron chi connectivity index (χ3n) is 3.64. The zero-order valence-electron chi connectivity index (χ0n) is 10.7. The van der Waals surface area contributed by atoms with Crippen LogP contribution < -0.4 is 5.73 Å².